The highest BCUT2D eigenvalue weighted by atomic mass is 35.5. The maximum Gasteiger partial charge on any atom is 0.261 e. The average molecular weight is 499 g/mol. The predicted molar refractivity (Wildman–Crippen MR) is 130 cm³/mol. The number of benzene rings is 2. The van der Waals surface area contributed by atoms with Crippen LogP contribution in [-0.4, -0.2) is 37.3 Å². The molecular weight excluding hydrogens is 476 g/mol. The molecule has 10 heteroatoms. The molecule has 1 N–H and O–H groups in total. The number of rotatable bonds is 8. The second-order valence-corrected chi connectivity index (χ2v) is 9.39. The standard InChI is InChI=1S/C24H23ClN4O4S/c1-4-29(5-2)24(30)21-13-16(3)27-23(22(21)15-26)33-19-8-6-7-18(14-19)28-34(31,32)20-11-9-17(25)10-12-20/h6-14,28H,4-5H2,1-3H3. The number of hydrogen-bond acceptors (Lipinski definition) is 6. The van der Waals surface area contributed by atoms with Gasteiger partial charge in [0, 0.05) is 29.9 Å². The maximum atomic E-state index is 12.9. The highest BCUT2D eigenvalue weighted by Crippen LogP contribution is 2.29. The fourth-order valence-electron chi connectivity index (χ4n) is 3.24. The van der Waals surface area contributed by atoms with Crippen LogP contribution < -0.4 is 9.46 Å². The van der Waals surface area contributed by atoms with Gasteiger partial charge in [-0.25, -0.2) is 13.4 Å². The van der Waals surface area contributed by atoms with Crippen molar-refractivity contribution in [3.63, 3.8) is 0 Å². The third-order valence-corrected chi connectivity index (χ3v) is 6.58. The molecule has 2 aromatic carbocycles. The van der Waals surface area contributed by atoms with E-state index in [0.29, 0.717) is 23.8 Å². The Morgan fingerprint density at radius 3 is 2.44 bits per heavy atom. The molecule has 0 saturated carbocycles. The van der Waals surface area contributed by atoms with E-state index < -0.39 is 10.0 Å². The third kappa shape index (κ3) is 5.65. The average Bonchev–Trinajstić information content (AvgIpc) is 2.79. The quantitative estimate of drug-likeness (QED) is 0.468. The van der Waals surface area contributed by atoms with Gasteiger partial charge in [0.15, 0.2) is 0 Å². The van der Waals surface area contributed by atoms with Crippen LogP contribution in [0.3, 0.4) is 0 Å². The van der Waals surface area contributed by atoms with Crippen molar-refractivity contribution in [2.24, 2.45) is 0 Å². The van der Waals surface area contributed by atoms with E-state index in [4.69, 9.17) is 16.3 Å². The fraction of sp³-hybridized carbons (Fsp3) is 0.208. The number of aryl methyl sites for hydroxylation is 1. The van der Waals surface area contributed by atoms with Crippen LogP contribution in [0, 0.1) is 18.3 Å². The van der Waals surface area contributed by atoms with Gasteiger partial charge in [-0.2, -0.15) is 5.26 Å². The molecular formula is C24H23ClN4O4S. The molecule has 0 radical (unpaired) electrons. The lowest BCUT2D eigenvalue weighted by Crippen LogP contribution is -2.31. The van der Waals surface area contributed by atoms with Gasteiger partial charge in [0.2, 0.25) is 5.88 Å². The van der Waals surface area contributed by atoms with Crippen molar-refractivity contribution in [1.29, 1.82) is 5.26 Å². The zero-order valence-electron chi connectivity index (χ0n) is 18.9. The molecule has 3 rings (SSSR count). The largest absolute Gasteiger partial charge is 0.438 e. The van der Waals surface area contributed by atoms with E-state index in [1.165, 1.54) is 30.3 Å². The van der Waals surface area contributed by atoms with Crippen molar-refractivity contribution in [3.05, 3.63) is 76.4 Å². The number of amides is 1. The number of aromatic nitrogens is 1. The summed E-state index contributed by atoms with van der Waals surface area (Å²) in [5.41, 5.74) is 0.963. The molecule has 0 aliphatic heterocycles. The van der Waals surface area contributed by atoms with Crippen LogP contribution in [0.15, 0.2) is 59.5 Å². The first kappa shape index (κ1) is 25.0. The molecule has 1 aromatic heterocycles. The summed E-state index contributed by atoms with van der Waals surface area (Å²) in [5, 5.41) is 10.2. The van der Waals surface area contributed by atoms with Gasteiger partial charge in [0.25, 0.3) is 15.9 Å². The maximum absolute atomic E-state index is 12.9. The van der Waals surface area contributed by atoms with Crippen LogP contribution >= 0.6 is 11.6 Å². The molecule has 3 aromatic rings. The molecule has 1 heterocycles. The van der Waals surface area contributed by atoms with E-state index >= 15 is 0 Å². The molecule has 0 atom stereocenters. The first-order valence-electron chi connectivity index (χ1n) is 10.5. The molecule has 0 aliphatic carbocycles. The van der Waals surface area contributed by atoms with Gasteiger partial charge in [0.1, 0.15) is 17.4 Å². The summed E-state index contributed by atoms with van der Waals surface area (Å²) >= 11 is 5.84. The van der Waals surface area contributed by atoms with E-state index in [0.717, 1.165) is 0 Å². The highest BCUT2D eigenvalue weighted by Gasteiger charge is 2.22. The Bertz CT molecular complexity index is 1350. The number of carbonyl (C=O) groups excluding carboxylic acids is 1. The van der Waals surface area contributed by atoms with E-state index in [1.807, 2.05) is 19.9 Å². The molecule has 0 spiro atoms. The van der Waals surface area contributed by atoms with Crippen molar-refractivity contribution in [2.75, 3.05) is 17.8 Å². The van der Waals surface area contributed by atoms with E-state index in [-0.39, 0.29) is 39.2 Å². The number of nitrogens with one attached hydrogen (secondary N) is 1. The topological polar surface area (TPSA) is 112 Å². The van der Waals surface area contributed by atoms with Crippen LogP contribution in [0.1, 0.15) is 35.5 Å². The number of sulfonamides is 1. The number of pyridine rings is 1. The number of anilines is 1. The van der Waals surface area contributed by atoms with Crippen LogP contribution in [0.25, 0.3) is 0 Å². The Morgan fingerprint density at radius 2 is 1.82 bits per heavy atom. The summed E-state index contributed by atoms with van der Waals surface area (Å²) in [5.74, 6) is -0.0794. The SMILES string of the molecule is CCN(CC)C(=O)c1cc(C)nc(Oc2cccc(NS(=O)(=O)c3ccc(Cl)cc3)c2)c1C#N. The lowest BCUT2D eigenvalue weighted by atomic mass is 10.1. The second-order valence-electron chi connectivity index (χ2n) is 7.27. The van der Waals surface area contributed by atoms with Crippen LogP contribution in [0.5, 0.6) is 11.6 Å². The molecule has 8 nitrogen and oxygen atoms in total. The summed E-state index contributed by atoms with van der Waals surface area (Å²) < 4.78 is 33.7. The van der Waals surface area contributed by atoms with Gasteiger partial charge in [-0.05, 0) is 63.2 Å². The van der Waals surface area contributed by atoms with Crippen molar-refractivity contribution in [2.45, 2.75) is 25.7 Å². The van der Waals surface area contributed by atoms with E-state index in [9.17, 15) is 18.5 Å². The smallest absolute Gasteiger partial charge is 0.261 e. The zero-order chi connectivity index (χ0) is 24.9. The lowest BCUT2D eigenvalue weighted by Gasteiger charge is -2.20. The number of ether oxygens (including phenoxy) is 1. The molecule has 0 aliphatic rings. The van der Waals surface area contributed by atoms with Gasteiger partial charge >= 0.3 is 0 Å². The predicted octanol–water partition coefficient (Wildman–Crippen LogP) is 4.99. The van der Waals surface area contributed by atoms with Crippen molar-refractivity contribution in [1.82, 2.24) is 9.88 Å². The van der Waals surface area contributed by atoms with Gasteiger partial charge in [-0.3, -0.25) is 9.52 Å². The fourth-order valence-corrected chi connectivity index (χ4v) is 4.41. The van der Waals surface area contributed by atoms with E-state index in [1.54, 1.807) is 36.1 Å². The Hall–Kier alpha value is -3.61. The monoisotopic (exact) mass is 498 g/mol. The minimum Gasteiger partial charge on any atom is -0.438 e. The molecule has 1 amide bonds. The van der Waals surface area contributed by atoms with E-state index in [2.05, 4.69) is 9.71 Å². The Kier molecular flexibility index (Phi) is 7.76. The Labute approximate surface area is 203 Å². The van der Waals surface area contributed by atoms with Gasteiger partial charge < -0.3 is 9.64 Å². The van der Waals surface area contributed by atoms with Crippen LogP contribution in [-0.2, 0) is 10.0 Å². The minimum atomic E-state index is -3.85. The zero-order valence-corrected chi connectivity index (χ0v) is 20.4. The minimum absolute atomic E-state index is 0.00893. The molecule has 176 valence electrons. The van der Waals surface area contributed by atoms with Crippen LogP contribution in [0.4, 0.5) is 5.69 Å². The van der Waals surface area contributed by atoms with Gasteiger partial charge in [-0.1, -0.05) is 17.7 Å². The van der Waals surface area contributed by atoms with Crippen LogP contribution in [0.2, 0.25) is 5.02 Å². The van der Waals surface area contributed by atoms with Gasteiger partial charge in [-0.15, -0.1) is 0 Å². The Morgan fingerprint density at radius 1 is 1.15 bits per heavy atom. The number of halogens is 1. The number of carbonyl (C=O) groups is 1. The normalized spacial score (nSPS) is 10.9. The lowest BCUT2D eigenvalue weighted by molar-refractivity contribution is 0.0772. The molecule has 0 unspecified atom stereocenters. The van der Waals surface area contributed by atoms with Crippen molar-refractivity contribution < 1.29 is 17.9 Å². The van der Waals surface area contributed by atoms with Gasteiger partial charge in [0.05, 0.1) is 16.1 Å². The first-order chi connectivity index (χ1) is 16.2. The van der Waals surface area contributed by atoms with Crippen molar-refractivity contribution >= 4 is 33.2 Å². The molecule has 0 fully saturated rings. The summed E-state index contributed by atoms with van der Waals surface area (Å²) in [6.07, 6.45) is 0. The summed E-state index contributed by atoms with van der Waals surface area (Å²) in [4.78, 5) is 18.9. The summed E-state index contributed by atoms with van der Waals surface area (Å²) in [6.45, 7) is 6.40. The highest BCUT2D eigenvalue weighted by molar-refractivity contribution is 7.92. The molecule has 0 bridgehead atoms. The first-order valence-corrected chi connectivity index (χ1v) is 12.3. The molecule has 0 saturated heterocycles. The molecule has 34 heavy (non-hydrogen) atoms. The number of hydrogen-bond donors (Lipinski definition) is 1. The van der Waals surface area contributed by atoms with Crippen molar-refractivity contribution in [3.8, 4) is 17.7 Å². The number of nitrogens with zero attached hydrogens (tertiary/aromatic N) is 3. The summed E-state index contributed by atoms with van der Waals surface area (Å²) in [6, 6.07) is 15.6. The number of nitriles is 1. The Balaban J connectivity index is 1.92. The summed E-state index contributed by atoms with van der Waals surface area (Å²) in [7, 11) is -3.85. The second kappa shape index (κ2) is 10.5. The third-order valence-electron chi connectivity index (χ3n) is 4.93.